The van der Waals surface area contributed by atoms with E-state index in [1.807, 2.05) is 11.8 Å². The third-order valence-corrected chi connectivity index (χ3v) is 4.76. The van der Waals surface area contributed by atoms with Crippen LogP contribution in [-0.2, 0) is 14.3 Å². The molecule has 21 heavy (non-hydrogen) atoms. The number of fused-ring (bicyclic) bond motifs is 3. The molecule has 1 fully saturated rings. The highest BCUT2D eigenvalue weighted by molar-refractivity contribution is 6.00. The molecule has 0 unspecified atom stereocenters. The normalized spacial score (nSPS) is 41.8. The van der Waals surface area contributed by atoms with E-state index in [0.29, 0.717) is 25.4 Å². The van der Waals surface area contributed by atoms with Crippen LogP contribution in [0.5, 0.6) is 0 Å². The summed E-state index contributed by atoms with van der Waals surface area (Å²) in [5.41, 5.74) is -0.266. The van der Waals surface area contributed by atoms with Crippen LogP contribution in [0.1, 0.15) is 13.8 Å². The van der Waals surface area contributed by atoms with Gasteiger partial charge in [-0.05, 0) is 13.8 Å². The lowest BCUT2D eigenvalue weighted by Gasteiger charge is -2.52. The first-order chi connectivity index (χ1) is 9.99. The predicted octanol–water partition coefficient (Wildman–Crippen LogP) is 0.349. The fourth-order valence-corrected chi connectivity index (χ4v) is 3.78. The van der Waals surface area contributed by atoms with Crippen molar-refractivity contribution in [1.82, 2.24) is 4.90 Å². The second-order valence-corrected chi connectivity index (χ2v) is 5.91. The van der Waals surface area contributed by atoms with Gasteiger partial charge in [-0.15, -0.1) is 0 Å². The predicted molar refractivity (Wildman–Crippen MR) is 73.7 cm³/mol. The van der Waals surface area contributed by atoms with Crippen molar-refractivity contribution in [3.63, 3.8) is 0 Å². The van der Waals surface area contributed by atoms with Crippen molar-refractivity contribution in [2.45, 2.75) is 31.2 Å². The Kier molecular flexibility index (Phi) is 3.38. The van der Waals surface area contributed by atoms with Gasteiger partial charge in [0.25, 0.3) is 0 Å². The second-order valence-electron chi connectivity index (χ2n) is 5.91. The number of aliphatic hydroxyl groups excluding tert-OH is 1. The maximum absolute atomic E-state index is 12.6. The highest BCUT2D eigenvalue weighted by Gasteiger charge is 2.65. The molecule has 3 aliphatic rings. The molecule has 0 bridgehead atoms. The lowest BCUT2D eigenvalue weighted by molar-refractivity contribution is -0.267. The molecular formula is C14H21N3O4. The molecule has 0 aromatic rings. The number of hydrogen-bond donors (Lipinski definition) is 1. The van der Waals surface area contributed by atoms with E-state index >= 15 is 0 Å². The first-order valence-electron chi connectivity index (χ1n) is 7.23. The molecule has 3 rings (SSSR count). The number of β-amino-alcohol motifs (C(OH)–C–C–N with tert-alkyl or cyclic N) is 1. The Morgan fingerprint density at radius 1 is 1.62 bits per heavy atom. The van der Waals surface area contributed by atoms with Gasteiger partial charge < -0.3 is 19.5 Å². The van der Waals surface area contributed by atoms with Crippen LogP contribution in [0.25, 0.3) is 0 Å². The van der Waals surface area contributed by atoms with Crippen LogP contribution >= 0.6 is 0 Å². The Morgan fingerprint density at radius 3 is 3.05 bits per heavy atom. The van der Waals surface area contributed by atoms with Crippen LogP contribution in [0.3, 0.4) is 0 Å². The summed E-state index contributed by atoms with van der Waals surface area (Å²) in [7, 11) is 1.58. The third-order valence-electron chi connectivity index (χ3n) is 4.76. The number of rotatable bonds is 3. The summed E-state index contributed by atoms with van der Waals surface area (Å²) in [4.78, 5) is 14.5. The van der Waals surface area contributed by atoms with Gasteiger partial charge in [0.05, 0.1) is 30.9 Å². The minimum absolute atomic E-state index is 0.0115. The van der Waals surface area contributed by atoms with Crippen LogP contribution < -0.4 is 0 Å². The van der Waals surface area contributed by atoms with E-state index < -0.39 is 11.3 Å². The summed E-state index contributed by atoms with van der Waals surface area (Å²) in [5.74, 6) is -1.42. The molecule has 0 amide bonds. The molecular weight excluding hydrogens is 274 g/mol. The Hall–Kier alpha value is -1.31. The summed E-state index contributed by atoms with van der Waals surface area (Å²) in [6.07, 6.45) is 1.55. The van der Waals surface area contributed by atoms with E-state index in [4.69, 9.17) is 9.47 Å². The molecule has 0 saturated carbocycles. The van der Waals surface area contributed by atoms with Crippen molar-refractivity contribution in [3.05, 3.63) is 11.8 Å². The van der Waals surface area contributed by atoms with Gasteiger partial charge in [-0.3, -0.25) is 4.79 Å². The molecule has 0 aromatic heterocycles. The molecule has 1 N–H and O–H groups in total. The van der Waals surface area contributed by atoms with Gasteiger partial charge in [-0.25, -0.2) is 0 Å². The Balaban J connectivity index is 2.12. The van der Waals surface area contributed by atoms with E-state index in [0.717, 1.165) is 0 Å². The smallest absolute Gasteiger partial charge is 0.217 e. The molecule has 7 nitrogen and oxygen atoms in total. The number of azo groups is 1. The standard InChI is InChI=1S/C14H21N3O4/c1-9-12-13(2,16-15-9)11(19)8-10-14(12,20-3)21-7-5-17(10)4-6-18/h8-9,12,18H,4-7H2,1-3H3/t9-,12+,13+,14-/m0/s1. The fraction of sp³-hybridized carbons (Fsp3) is 0.786. The number of morpholine rings is 1. The maximum Gasteiger partial charge on any atom is 0.217 e. The summed E-state index contributed by atoms with van der Waals surface area (Å²) < 4.78 is 11.8. The zero-order valence-electron chi connectivity index (χ0n) is 12.6. The average molecular weight is 295 g/mol. The zero-order valence-corrected chi connectivity index (χ0v) is 12.6. The minimum Gasteiger partial charge on any atom is -0.395 e. The quantitative estimate of drug-likeness (QED) is 0.812. The fourth-order valence-electron chi connectivity index (χ4n) is 3.78. The van der Waals surface area contributed by atoms with Gasteiger partial charge in [0, 0.05) is 26.3 Å². The molecule has 0 aromatic carbocycles. The molecule has 2 heterocycles. The Morgan fingerprint density at radius 2 is 2.38 bits per heavy atom. The number of nitrogens with zero attached hydrogens (tertiary/aromatic N) is 3. The molecule has 0 radical (unpaired) electrons. The molecule has 1 saturated heterocycles. The lowest BCUT2D eigenvalue weighted by atomic mass is 9.69. The van der Waals surface area contributed by atoms with E-state index in [9.17, 15) is 9.90 Å². The van der Waals surface area contributed by atoms with E-state index in [1.165, 1.54) is 0 Å². The summed E-state index contributed by atoms with van der Waals surface area (Å²) >= 11 is 0. The third kappa shape index (κ3) is 1.81. The first kappa shape index (κ1) is 14.6. The van der Waals surface area contributed by atoms with Crippen molar-refractivity contribution < 1.29 is 19.4 Å². The maximum atomic E-state index is 12.6. The molecule has 4 atom stereocenters. The van der Waals surface area contributed by atoms with Crippen molar-refractivity contribution >= 4 is 5.78 Å². The summed E-state index contributed by atoms with van der Waals surface area (Å²) in [6.45, 7) is 5.26. The largest absolute Gasteiger partial charge is 0.395 e. The van der Waals surface area contributed by atoms with Crippen LogP contribution in [0.2, 0.25) is 0 Å². The number of ether oxygens (including phenoxy) is 2. The van der Waals surface area contributed by atoms with Crippen molar-refractivity contribution in [1.29, 1.82) is 0 Å². The topological polar surface area (TPSA) is 83.7 Å². The second kappa shape index (κ2) is 4.86. The monoisotopic (exact) mass is 295 g/mol. The number of hydrogen-bond acceptors (Lipinski definition) is 7. The highest BCUT2D eigenvalue weighted by atomic mass is 16.7. The van der Waals surface area contributed by atoms with Gasteiger partial charge in [0.2, 0.25) is 5.79 Å². The van der Waals surface area contributed by atoms with Gasteiger partial charge in [0.1, 0.15) is 0 Å². The van der Waals surface area contributed by atoms with Gasteiger partial charge in [-0.2, -0.15) is 10.2 Å². The number of methoxy groups -OCH3 is 1. The van der Waals surface area contributed by atoms with Crippen LogP contribution in [0.4, 0.5) is 0 Å². The van der Waals surface area contributed by atoms with Gasteiger partial charge in [0.15, 0.2) is 11.3 Å². The Bertz CT molecular complexity index is 518. The number of ketones is 1. The minimum atomic E-state index is -1.03. The van der Waals surface area contributed by atoms with E-state index in [2.05, 4.69) is 10.2 Å². The van der Waals surface area contributed by atoms with Crippen molar-refractivity contribution in [3.8, 4) is 0 Å². The molecule has 7 heteroatoms. The summed E-state index contributed by atoms with van der Waals surface area (Å²) in [6, 6.07) is -0.170. The van der Waals surface area contributed by atoms with Crippen LogP contribution in [-0.4, -0.2) is 66.6 Å². The number of aliphatic hydroxyl groups is 1. The average Bonchev–Trinajstić information content (AvgIpc) is 2.79. The highest BCUT2D eigenvalue weighted by Crippen LogP contribution is 2.51. The van der Waals surface area contributed by atoms with Crippen molar-refractivity contribution in [2.24, 2.45) is 16.1 Å². The van der Waals surface area contributed by atoms with E-state index in [1.54, 1.807) is 20.1 Å². The summed E-state index contributed by atoms with van der Waals surface area (Å²) in [5, 5.41) is 17.7. The van der Waals surface area contributed by atoms with Crippen molar-refractivity contribution in [2.75, 3.05) is 33.4 Å². The van der Waals surface area contributed by atoms with Crippen LogP contribution in [0.15, 0.2) is 22.0 Å². The number of carbonyl (C=O) groups is 1. The van der Waals surface area contributed by atoms with Crippen LogP contribution in [0, 0.1) is 5.92 Å². The first-order valence-corrected chi connectivity index (χ1v) is 7.23. The van der Waals surface area contributed by atoms with Gasteiger partial charge in [-0.1, -0.05) is 0 Å². The SMILES string of the molecule is CO[C@]12OCCN(CCO)C1=CC(=O)[C@@]1(C)N=N[C@@H](C)[C@@H]21. The molecule has 116 valence electrons. The molecule has 1 aliphatic carbocycles. The van der Waals surface area contributed by atoms with Gasteiger partial charge >= 0.3 is 0 Å². The zero-order chi connectivity index (χ0) is 15.3. The molecule has 2 aliphatic heterocycles. The number of carbonyl (C=O) groups excluding carboxylic acids is 1. The Labute approximate surface area is 123 Å². The molecule has 0 spiro atoms. The lowest BCUT2D eigenvalue weighted by Crippen LogP contribution is -2.65. The van der Waals surface area contributed by atoms with E-state index in [-0.39, 0.29) is 24.3 Å².